The number of rotatable bonds is 8. The molecule has 0 fully saturated rings. The summed E-state index contributed by atoms with van der Waals surface area (Å²) in [6.45, 7) is 4.07. The molecule has 1 amide bonds. The maximum absolute atomic E-state index is 11.2. The lowest BCUT2D eigenvalue weighted by Gasteiger charge is -2.12. The van der Waals surface area contributed by atoms with Crippen LogP contribution in [0.5, 0.6) is 0 Å². The first-order chi connectivity index (χ1) is 6.87. The Bertz CT molecular complexity index is 288. The van der Waals surface area contributed by atoms with Crippen LogP contribution in [-0.2, 0) is 14.6 Å². The van der Waals surface area contributed by atoms with Gasteiger partial charge in [-0.2, -0.15) is 0 Å². The van der Waals surface area contributed by atoms with Crippen LogP contribution in [0.2, 0.25) is 0 Å². The molecule has 1 unspecified atom stereocenters. The van der Waals surface area contributed by atoms with Crippen molar-refractivity contribution in [3.63, 3.8) is 0 Å². The molecule has 0 bridgehead atoms. The molecule has 15 heavy (non-hydrogen) atoms. The maximum Gasteiger partial charge on any atom is 0.217 e. The van der Waals surface area contributed by atoms with Crippen molar-refractivity contribution < 1.29 is 13.2 Å². The quantitative estimate of drug-likeness (QED) is 0.564. The summed E-state index contributed by atoms with van der Waals surface area (Å²) in [6.07, 6.45) is 0.978. The zero-order chi connectivity index (χ0) is 11.9. The van der Waals surface area contributed by atoms with Gasteiger partial charge in [0.25, 0.3) is 0 Å². The fourth-order valence-corrected chi connectivity index (χ4v) is 2.28. The third-order valence-corrected chi connectivity index (χ3v) is 3.92. The summed E-state index contributed by atoms with van der Waals surface area (Å²) in [5, 5.41) is 3.04. The number of sulfone groups is 1. The maximum atomic E-state index is 11.2. The Hall–Kier alpha value is -0.620. The van der Waals surface area contributed by atoms with E-state index in [1.807, 2.05) is 6.92 Å². The lowest BCUT2D eigenvalue weighted by molar-refractivity contribution is -0.118. The molecule has 0 radical (unpaired) electrons. The van der Waals surface area contributed by atoms with Crippen LogP contribution in [0.3, 0.4) is 0 Å². The number of hydrogen-bond acceptors (Lipinski definition) is 4. The van der Waals surface area contributed by atoms with E-state index < -0.39 is 9.84 Å². The summed E-state index contributed by atoms with van der Waals surface area (Å²) in [5.74, 6) is -0.0222. The van der Waals surface area contributed by atoms with Gasteiger partial charge in [-0.25, -0.2) is 8.42 Å². The molecule has 0 rings (SSSR count). The third kappa shape index (κ3) is 8.38. The van der Waals surface area contributed by atoms with Gasteiger partial charge >= 0.3 is 0 Å². The minimum atomic E-state index is -2.93. The van der Waals surface area contributed by atoms with E-state index in [9.17, 15) is 13.2 Å². The van der Waals surface area contributed by atoms with E-state index in [4.69, 9.17) is 5.73 Å². The van der Waals surface area contributed by atoms with Crippen molar-refractivity contribution in [3.05, 3.63) is 0 Å². The first kappa shape index (κ1) is 14.4. The molecule has 3 N–H and O–H groups in total. The smallest absolute Gasteiger partial charge is 0.217 e. The Balaban J connectivity index is 3.67. The van der Waals surface area contributed by atoms with Gasteiger partial charge in [-0.05, 0) is 19.9 Å². The standard InChI is InChI=1S/C9H20N2O3S/c1-3-15(13,14)7-8(2)11-6-4-5-9(10)12/h8,11H,3-7H2,1-2H3,(H2,10,12). The van der Waals surface area contributed by atoms with Crippen molar-refractivity contribution in [2.45, 2.75) is 32.7 Å². The minimum Gasteiger partial charge on any atom is -0.370 e. The summed E-state index contributed by atoms with van der Waals surface area (Å²) >= 11 is 0. The van der Waals surface area contributed by atoms with Crippen molar-refractivity contribution >= 4 is 15.7 Å². The second-order valence-electron chi connectivity index (χ2n) is 3.62. The molecule has 0 heterocycles. The molecule has 5 nitrogen and oxygen atoms in total. The predicted octanol–water partition coefficient (Wildman–Crippen LogP) is -0.335. The van der Waals surface area contributed by atoms with Gasteiger partial charge in [0.15, 0.2) is 9.84 Å². The molecule has 0 spiro atoms. The second-order valence-corrected chi connectivity index (χ2v) is 6.02. The van der Waals surface area contributed by atoms with E-state index in [-0.39, 0.29) is 23.5 Å². The Morgan fingerprint density at radius 1 is 1.47 bits per heavy atom. The highest BCUT2D eigenvalue weighted by Gasteiger charge is 2.12. The number of carbonyl (C=O) groups is 1. The van der Waals surface area contributed by atoms with E-state index >= 15 is 0 Å². The van der Waals surface area contributed by atoms with Crippen LogP contribution in [0.4, 0.5) is 0 Å². The number of nitrogens with one attached hydrogen (secondary N) is 1. The molecular weight excluding hydrogens is 216 g/mol. The summed E-state index contributed by atoms with van der Waals surface area (Å²) in [7, 11) is -2.93. The molecule has 90 valence electrons. The molecule has 0 aromatic carbocycles. The normalized spacial score (nSPS) is 13.7. The lowest BCUT2D eigenvalue weighted by atomic mass is 10.3. The van der Waals surface area contributed by atoms with Crippen LogP contribution < -0.4 is 11.1 Å². The highest BCUT2D eigenvalue weighted by molar-refractivity contribution is 7.91. The number of hydrogen-bond donors (Lipinski definition) is 2. The topological polar surface area (TPSA) is 89.3 Å². The summed E-state index contributed by atoms with van der Waals surface area (Å²) < 4.78 is 22.5. The van der Waals surface area contributed by atoms with Gasteiger partial charge in [0.1, 0.15) is 0 Å². The van der Waals surface area contributed by atoms with Crippen molar-refractivity contribution in [2.75, 3.05) is 18.1 Å². The second kappa shape index (κ2) is 6.79. The zero-order valence-corrected chi connectivity index (χ0v) is 10.1. The molecule has 0 aromatic heterocycles. The molecule has 6 heteroatoms. The van der Waals surface area contributed by atoms with Gasteiger partial charge in [0.2, 0.25) is 5.91 Å². The van der Waals surface area contributed by atoms with Crippen molar-refractivity contribution in [2.24, 2.45) is 5.73 Å². The van der Waals surface area contributed by atoms with Gasteiger partial charge < -0.3 is 11.1 Å². The SMILES string of the molecule is CCS(=O)(=O)CC(C)NCCCC(N)=O. The molecule has 0 aliphatic heterocycles. The zero-order valence-electron chi connectivity index (χ0n) is 9.32. The molecule has 0 saturated carbocycles. The number of amides is 1. The van der Waals surface area contributed by atoms with E-state index in [0.29, 0.717) is 19.4 Å². The van der Waals surface area contributed by atoms with Gasteiger partial charge in [0, 0.05) is 18.2 Å². The van der Waals surface area contributed by atoms with E-state index in [0.717, 1.165) is 0 Å². The van der Waals surface area contributed by atoms with Gasteiger partial charge in [-0.1, -0.05) is 6.92 Å². The van der Waals surface area contributed by atoms with E-state index in [2.05, 4.69) is 5.32 Å². The van der Waals surface area contributed by atoms with Crippen LogP contribution in [-0.4, -0.2) is 38.4 Å². The van der Waals surface area contributed by atoms with Crippen LogP contribution in [0.25, 0.3) is 0 Å². The van der Waals surface area contributed by atoms with E-state index in [1.165, 1.54) is 0 Å². The highest BCUT2D eigenvalue weighted by Crippen LogP contribution is 1.95. The Labute approximate surface area is 91.3 Å². The number of primary amides is 1. The average Bonchev–Trinajstić information content (AvgIpc) is 2.11. The number of nitrogens with two attached hydrogens (primary N) is 1. The predicted molar refractivity (Wildman–Crippen MR) is 60.2 cm³/mol. The van der Waals surface area contributed by atoms with Crippen molar-refractivity contribution in [1.82, 2.24) is 5.32 Å². The summed E-state index contributed by atoms with van der Waals surface area (Å²) in [5.41, 5.74) is 4.97. The van der Waals surface area contributed by atoms with E-state index in [1.54, 1.807) is 6.92 Å². The van der Waals surface area contributed by atoms with Crippen molar-refractivity contribution in [1.29, 1.82) is 0 Å². The molecule has 0 aromatic rings. The Morgan fingerprint density at radius 3 is 2.53 bits per heavy atom. The molecular formula is C9H20N2O3S. The first-order valence-corrected chi connectivity index (χ1v) is 6.91. The Kier molecular flexibility index (Phi) is 6.51. The molecule has 1 atom stereocenters. The van der Waals surface area contributed by atoms with Crippen molar-refractivity contribution in [3.8, 4) is 0 Å². The molecule has 0 aliphatic carbocycles. The summed E-state index contributed by atoms with van der Waals surface area (Å²) in [6, 6.07) is -0.0807. The molecule has 0 aliphatic rings. The fraction of sp³-hybridized carbons (Fsp3) is 0.889. The largest absolute Gasteiger partial charge is 0.370 e. The summed E-state index contributed by atoms with van der Waals surface area (Å²) in [4.78, 5) is 10.4. The van der Waals surface area contributed by atoms with Crippen LogP contribution >= 0.6 is 0 Å². The lowest BCUT2D eigenvalue weighted by Crippen LogP contribution is -2.34. The minimum absolute atomic E-state index is 0.0807. The Morgan fingerprint density at radius 2 is 2.07 bits per heavy atom. The monoisotopic (exact) mass is 236 g/mol. The number of carbonyl (C=O) groups excluding carboxylic acids is 1. The fourth-order valence-electron chi connectivity index (χ4n) is 1.17. The van der Waals surface area contributed by atoms with Crippen LogP contribution in [0.15, 0.2) is 0 Å². The van der Waals surface area contributed by atoms with Crippen LogP contribution in [0.1, 0.15) is 26.7 Å². The third-order valence-electron chi connectivity index (χ3n) is 2.04. The van der Waals surface area contributed by atoms with Gasteiger partial charge in [0.05, 0.1) is 5.75 Å². The molecule has 0 saturated heterocycles. The van der Waals surface area contributed by atoms with Crippen LogP contribution in [0, 0.1) is 0 Å². The average molecular weight is 236 g/mol. The highest BCUT2D eigenvalue weighted by atomic mass is 32.2. The first-order valence-electron chi connectivity index (χ1n) is 5.09. The van der Waals surface area contributed by atoms with Gasteiger partial charge in [-0.3, -0.25) is 4.79 Å². The van der Waals surface area contributed by atoms with Gasteiger partial charge in [-0.15, -0.1) is 0 Å².